The molecule has 21 heavy (non-hydrogen) atoms. The van der Waals surface area contributed by atoms with Gasteiger partial charge in [0.1, 0.15) is 5.82 Å². The van der Waals surface area contributed by atoms with Crippen molar-refractivity contribution in [2.24, 2.45) is 5.92 Å². The Kier molecular flexibility index (Phi) is 5.52. The third-order valence-corrected chi connectivity index (χ3v) is 6.46. The normalized spacial score (nSPS) is 17.2. The maximum absolute atomic E-state index is 13.9. The minimum Gasteiger partial charge on any atom is -0.212 e. The van der Waals surface area contributed by atoms with E-state index in [0.29, 0.717) is 0 Å². The third kappa shape index (κ3) is 4.31. The highest BCUT2D eigenvalue weighted by Gasteiger charge is 2.38. The maximum atomic E-state index is 13.9. The molecule has 0 aliphatic heterocycles. The lowest BCUT2D eigenvalue weighted by Gasteiger charge is -2.24. The molecule has 1 aromatic rings. The van der Waals surface area contributed by atoms with Crippen LogP contribution in [0.3, 0.4) is 0 Å². The molecule has 1 aliphatic carbocycles. The molecule has 2 rings (SSSR count). The van der Waals surface area contributed by atoms with E-state index in [0.717, 1.165) is 12.8 Å². The van der Waals surface area contributed by atoms with E-state index in [2.05, 4.69) is 0 Å². The topological polar surface area (TPSA) is 37.4 Å². The molecule has 0 bridgehead atoms. The zero-order valence-corrected chi connectivity index (χ0v) is 14.1. The van der Waals surface area contributed by atoms with Crippen LogP contribution in [0.1, 0.15) is 25.3 Å². The number of nitrogens with zero attached hydrogens (tertiary/aromatic N) is 1. The van der Waals surface area contributed by atoms with Crippen LogP contribution in [0, 0.1) is 11.7 Å². The van der Waals surface area contributed by atoms with E-state index >= 15 is 0 Å². The van der Waals surface area contributed by atoms with E-state index in [4.69, 9.17) is 23.2 Å². The van der Waals surface area contributed by atoms with Crippen LogP contribution in [0.2, 0.25) is 5.02 Å². The largest absolute Gasteiger partial charge is 0.214 e. The van der Waals surface area contributed by atoms with Crippen LogP contribution < -0.4 is 0 Å². The Morgan fingerprint density at radius 1 is 1.43 bits per heavy atom. The number of alkyl halides is 1. The second-order valence-electron chi connectivity index (χ2n) is 5.51. The van der Waals surface area contributed by atoms with E-state index in [9.17, 15) is 12.8 Å². The number of benzene rings is 1. The zero-order valence-electron chi connectivity index (χ0n) is 11.7. The van der Waals surface area contributed by atoms with E-state index in [1.54, 1.807) is 13.0 Å². The first-order valence-corrected chi connectivity index (χ1v) is 9.35. The lowest BCUT2D eigenvalue weighted by Crippen LogP contribution is -2.36. The van der Waals surface area contributed by atoms with Gasteiger partial charge in [0.15, 0.2) is 0 Å². The summed E-state index contributed by atoms with van der Waals surface area (Å²) in [5.41, 5.74) is 0.230. The van der Waals surface area contributed by atoms with Gasteiger partial charge in [-0.15, -0.1) is 11.6 Å². The minimum absolute atomic E-state index is 0.0203. The van der Waals surface area contributed by atoms with Crippen molar-refractivity contribution in [2.75, 3.05) is 11.6 Å². The van der Waals surface area contributed by atoms with Crippen molar-refractivity contribution in [2.45, 2.75) is 32.4 Å². The molecular formula is C14H18Cl2FNO2S. The Bertz CT molecular complexity index is 585. The molecule has 0 spiro atoms. The lowest BCUT2D eigenvalue weighted by atomic mass is 10.2. The van der Waals surface area contributed by atoms with Gasteiger partial charge in [0.25, 0.3) is 0 Å². The fourth-order valence-electron chi connectivity index (χ4n) is 2.16. The summed E-state index contributed by atoms with van der Waals surface area (Å²) in [4.78, 5) is 0. The standard InChI is InChI=1S/C14H18Cl2FNO2S/c1-10(7-15)9-21(19,20)18(11-5-6-11)8-12-13(16)3-2-4-14(12)17/h2-4,10-11H,5-9H2,1H3. The van der Waals surface area contributed by atoms with Crippen molar-refractivity contribution in [3.05, 3.63) is 34.6 Å². The van der Waals surface area contributed by atoms with E-state index in [-0.39, 0.29) is 40.7 Å². The van der Waals surface area contributed by atoms with E-state index < -0.39 is 15.8 Å². The Hall–Kier alpha value is -0.360. The summed E-state index contributed by atoms with van der Waals surface area (Å²) in [7, 11) is -3.48. The molecule has 0 aromatic heterocycles. The number of hydrogen-bond donors (Lipinski definition) is 0. The van der Waals surface area contributed by atoms with E-state index in [1.165, 1.54) is 16.4 Å². The second kappa shape index (κ2) is 6.82. The van der Waals surface area contributed by atoms with Crippen LogP contribution in [-0.4, -0.2) is 30.4 Å². The second-order valence-corrected chi connectivity index (χ2v) is 8.20. The molecule has 0 heterocycles. The summed E-state index contributed by atoms with van der Waals surface area (Å²) in [6.07, 6.45) is 1.61. The predicted molar refractivity (Wildman–Crippen MR) is 83.6 cm³/mol. The van der Waals surface area contributed by atoms with Crippen molar-refractivity contribution in [3.63, 3.8) is 0 Å². The Labute approximate surface area is 135 Å². The van der Waals surface area contributed by atoms with Crippen molar-refractivity contribution < 1.29 is 12.8 Å². The zero-order chi connectivity index (χ0) is 15.6. The van der Waals surface area contributed by atoms with Crippen LogP contribution in [0.5, 0.6) is 0 Å². The summed E-state index contributed by atoms with van der Waals surface area (Å²) in [5, 5.41) is 0.251. The highest BCUT2D eigenvalue weighted by molar-refractivity contribution is 7.89. The fraction of sp³-hybridized carbons (Fsp3) is 0.571. The highest BCUT2D eigenvalue weighted by atomic mass is 35.5. The summed E-state index contributed by atoms with van der Waals surface area (Å²) >= 11 is 11.7. The summed E-state index contributed by atoms with van der Waals surface area (Å²) in [6, 6.07) is 4.32. The molecule has 0 N–H and O–H groups in total. The van der Waals surface area contributed by atoms with Gasteiger partial charge in [0.2, 0.25) is 10.0 Å². The molecule has 1 aromatic carbocycles. The molecule has 7 heteroatoms. The Morgan fingerprint density at radius 3 is 2.62 bits per heavy atom. The van der Waals surface area contributed by atoms with Gasteiger partial charge >= 0.3 is 0 Å². The van der Waals surface area contributed by atoms with Crippen LogP contribution in [0.4, 0.5) is 4.39 Å². The lowest BCUT2D eigenvalue weighted by molar-refractivity contribution is 0.388. The first-order chi connectivity index (χ1) is 9.85. The van der Waals surface area contributed by atoms with Crippen LogP contribution in [-0.2, 0) is 16.6 Å². The van der Waals surface area contributed by atoms with Crippen LogP contribution in [0.15, 0.2) is 18.2 Å². The molecule has 118 valence electrons. The van der Waals surface area contributed by atoms with Gasteiger partial charge in [-0.25, -0.2) is 12.8 Å². The SMILES string of the molecule is CC(CCl)CS(=O)(=O)N(Cc1c(F)cccc1Cl)C1CC1. The fourth-order valence-corrected chi connectivity index (χ4v) is 4.64. The highest BCUT2D eigenvalue weighted by Crippen LogP contribution is 2.33. The molecule has 0 saturated heterocycles. The molecule has 3 nitrogen and oxygen atoms in total. The average Bonchev–Trinajstić information content (AvgIpc) is 3.21. The summed E-state index contributed by atoms with van der Waals surface area (Å²) in [6.45, 7) is 1.76. The monoisotopic (exact) mass is 353 g/mol. The minimum atomic E-state index is -3.48. The first kappa shape index (κ1) is 17.0. The van der Waals surface area contributed by atoms with Gasteiger partial charge in [-0.2, -0.15) is 4.31 Å². The van der Waals surface area contributed by atoms with Gasteiger partial charge < -0.3 is 0 Å². The van der Waals surface area contributed by atoms with Crippen molar-refractivity contribution in [3.8, 4) is 0 Å². The average molecular weight is 354 g/mol. The molecule has 0 amide bonds. The quantitative estimate of drug-likeness (QED) is 0.701. The van der Waals surface area contributed by atoms with Gasteiger partial charge in [-0.3, -0.25) is 0 Å². The van der Waals surface area contributed by atoms with Crippen molar-refractivity contribution in [1.82, 2.24) is 4.31 Å². The van der Waals surface area contributed by atoms with Gasteiger partial charge in [0, 0.05) is 29.1 Å². The first-order valence-electron chi connectivity index (χ1n) is 6.83. The van der Waals surface area contributed by atoms with Crippen LogP contribution >= 0.6 is 23.2 Å². The number of sulfonamides is 1. The number of halogens is 3. The molecule has 1 saturated carbocycles. The smallest absolute Gasteiger partial charge is 0.212 e. The molecule has 1 aliphatic rings. The van der Waals surface area contributed by atoms with Crippen molar-refractivity contribution in [1.29, 1.82) is 0 Å². The van der Waals surface area contributed by atoms with Gasteiger partial charge in [-0.05, 0) is 30.9 Å². The Morgan fingerprint density at radius 2 is 2.10 bits per heavy atom. The number of hydrogen-bond acceptors (Lipinski definition) is 2. The maximum Gasteiger partial charge on any atom is 0.214 e. The van der Waals surface area contributed by atoms with Crippen molar-refractivity contribution >= 4 is 33.2 Å². The number of rotatable bonds is 7. The van der Waals surface area contributed by atoms with E-state index in [1.807, 2.05) is 0 Å². The predicted octanol–water partition coefficient (Wildman–Crippen LogP) is 3.65. The van der Waals surface area contributed by atoms with Crippen LogP contribution in [0.25, 0.3) is 0 Å². The molecule has 1 unspecified atom stereocenters. The third-order valence-electron chi connectivity index (χ3n) is 3.45. The molecule has 0 radical (unpaired) electrons. The molecular weight excluding hydrogens is 336 g/mol. The van der Waals surface area contributed by atoms with Gasteiger partial charge in [-0.1, -0.05) is 24.6 Å². The van der Waals surface area contributed by atoms with Gasteiger partial charge in [0.05, 0.1) is 5.75 Å². The Balaban J connectivity index is 2.24. The summed E-state index contributed by atoms with van der Waals surface area (Å²) in [5.74, 6) is -0.375. The molecule has 1 atom stereocenters. The summed E-state index contributed by atoms with van der Waals surface area (Å²) < 4.78 is 40.3. The molecule has 1 fully saturated rings.